The van der Waals surface area contributed by atoms with Crippen molar-refractivity contribution in [1.82, 2.24) is 4.57 Å². The van der Waals surface area contributed by atoms with E-state index in [0.717, 1.165) is 43.8 Å². The van der Waals surface area contributed by atoms with Crippen molar-refractivity contribution in [3.05, 3.63) is 108 Å². The molecule has 0 N–H and O–H groups in total. The van der Waals surface area contributed by atoms with E-state index in [0.29, 0.717) is 11.3 Å². The van der Waals surface area contributed by atoms with E-state index in [1.807, 2.05) is 19.1 Å². The Bertz CT molecular complexity index is 1710. The average molecular weight is 456 g/mol. The highest BCUT2D eigenvalue weighted by Crippen LogP contribution is 2.43. The van der Waals surface area contributed by atoms with Gasteiger partial charge in [0.15, 0.2) is 5.78 Å². The Kier molecular flexibility index (Phi) is 4.93. The van der Waals surface area contributed by atoms with Crippen molar-refractivity contribution < 1.29 is 9.53 Å². The van der Waals surface area contributed by atoms with Gasteiger partial charge in [0.05, 0.1) is 29.4 Å². The Hall–Kier alpha value is -4.37. The molecule has 6 aromatic rings. The van der Waals surface area contributed by atoms with E-state index < -0.39 is 0 Å². The maximum absolute atomic E-state index is 13.0. The van der Waals surface area contributed by atoms with Gasteiger partial charge in [-0.3, -0.25) is 4.79 Å². The fourth-order valence-electron chi connectivity index (χ4n) is 5.48. The lowest BCUT2D eigenvalue weighted by atomic mass is 9.88. The van der Waals surface area contributed by atoms with Gasteiger partial charge in [-0.25, -0.2) is 0 Å². The molecule has 0 saturated carbocycles. The summed E-state index contributed by atoms with van der Waals surface area (Å²) in [6.07, 6.45) is 0. The van der Waals surface area contributed by atoms with Gasteiger partial charge in [-0.1, -0.05) is 84.9 Å². The molecule has 0 radical (unpaired) electrons. The van der Waals surface area contributed by atoms with Crippen LogP contribution in [-0.2, 0) is 9.53 Å². The smallest absolute Gasteiger partial charge is 0.163 e. The average Bonchev–Trinajstić information content (AvgIpc) is 3.22. The van der Waals surface area contributed by atoms with Crippen LogP contribution >= 0.6 is 0 Å². The van der Waals surface area contributed by atoms with E-state index in [1.165, 1.54) is 10.8 Å². The molecule has 170 valence electrons. The zero-order chi connectivity index (χ0) is 24.1. The molecule has 1 heterocycles. The molecule has 35 heavy (non-hydrogen) atoms. The van der Waals surface area contributed by atoms with Gasteiger partial charge in [-0.05, 0) is 36.8 Å². The molecule has 6 rings (SSSR count). The van der Waals surface area contributed by atoms with Crippen molar-refractivity contribution in [2.75, 3.05) is 7.11 Å². The Morgan fingerprint density at radius 1 is 0.600 bits per heavy atom. The van der Waals surface area contributed by atoms with Gasteiger partial charge in [0.1, 0.15) is 5.76 Å². The number of hydrogen-bond acceptors (Lipinski definition) is 2. The first-order chi connectivity index (χ1) is 17.1. The number of carbonyl (C=O) groups excluding carboxylic acids is 1. The van der Waals surface area contributed by atoms with Gasteiger partial charge >= 0.3 is 0 Å². The van der Waals surface area contributed by atoms with Crippen LogP contribution in [0.5, 0.6) is 0 Å². The van der Waals surface area contributed by atoms with E-state index in [2.05, 4.69) is 89.5 Å². The number of ketones is 1. The molecule has 5 aromatic carbocycles. The minimum Gasteiger partial charge on any atom is -0.501 e. The number of rotatable bonds is 4. The van der Waals surface area contributed by atoms with Crippen molar-refractivity contribution in [2.45, 2.75) is 13.8 Å². The minimum atomic E-state index is -0.00994. The fraction of sp³-hybridized carbons (Fsp3) is 0.0938. The summed E-state index contributed by atoms with van der Waals surface area (Å²) < 4.78 is 7.97. The third kappa shape index (κ3) is 3.08. The number of carbonyl (C=O) groups is 1. The van der Waals surface area contributed by atoms with Gasteiger partial charge in [-0.15, -0.1) is 0 Å². The molecule has 0 aliphatic carbocycles. The number of para-hydroxylation sites is 2. The standard InChI is InChI=1S/C32H25NO2/c1-20(34)30(21(2)35-3)31-24-14-4-6-16-26(24)32(27-17-7-5-15-25(27)31)33-28-18-10-8-12-22(28)23-13-9-11-19-29(23)33/h4-19H,1-3H3/b30-21+. The van der Waals surface area contributed by atoms with Crippen molar-refractivity contribution >= 4 is 54.7 Å². The topological polar surface area (TPSA) is 31.2 Å². The summed E-state index contributed by atoms with van der Waals surface area (Å²) in [5, 5.41) is 6.69. The van der Waals surface area contributed by atoms with Gasteiger partial charge in [0.25, 0.3) is 0 Å². The lowest BCUT2D eigenvalue weighted by Gasteiger charge is -2.20. The van der Waals surface area contributed by atoms with Crippen molar-refractivity contribution in [3.63, 3.8) is 0 Å². The highest BCUT2D eigenvalue weighted by atomic mass is 16.5. The van der Waals surface area contributed by atoms with E-state index >= 15 is 0 Å². The maximum atomic E-state index is 13.0. The number of allylic oxidation sites excluding steroid dienone is 2. The molecule has 0 bridgehead atoms. The SMILES string of the molecule is CO/C(C)=C(\C(C)=O)c1c2ccccc2c(-n2c3ccccc3c3ccccc32)c2ccccc12. The summed E-state index contributed by atoms with van der Waals surface area (Å²) in [7, 11) is 1.62. The number of benzene rings is 5. The number of methoxy groups -OCH3 is 1. The molecule has 0 fully saturated rings. The van der Waals surface area contributed by atoms with E-state index in [1.54, 1.807) is 14.0 Å². The number of ether oxygens (including phenoxy) is 1. The van der Waals surface area contributed by atoms with Crippen LogP contribution in [0.15, 0.2) is 103 Å². The molecule has 0 saturated heterocycles. The largest absolute Gasteiger partial charge is 0.501 e. The number of fused-ring (bicyclic) bond motifs is 5. The van der Waals surface area contributed by atoms with E-state index in [-0.39, 0.29) is 5.78 Å². The Morgan fingerprint density at radius 3 is 1.43 bits per heavy atom. The molecule has 0 atom stereocenters. The van der Waals surface area contributed by atoms with Crippen LogP contribution < -0.4 is 0 Å². The van der Waals surface area contributed by atoms with E-state index in [9.17, 15) is 4.79 Å². The van der Waals surface area contributed by atoms with Gasteiger partial charge in [0, 0.05) is 27.1 Å². The van der Waals surface area contributed by atoms with Crippen LogP contribution in [0.2, 0.25) is 0 Å². The van der Waals surface area contributed by atoms with Gasteiger partial charge in [0.2, 0.25) is 0 Å². The second-order valence-electron chi connectivity index (χ2n) is 8.88. The lowest BCUT2D eigenvalue weighted by Crippen LogP contribution is -2.05. The third-order valence-corrected chi connectivity index (χ3v) is 6.97. The summed E-state index contributed by atoms with van der Waals surface area (Å²) in [4.78, 5) is 13.0. The summed E-state index contributed by atoms with van der Waals surface area (Å²) in [6.45, 7) is 3.48. The Balaban J connectivity index is 1.90. The Morgan fingerprint density at radius 2 is 1.00 bits per heavy atom. The molecule has 0 amide bonds. The fourth-order valence-corrected chi connectivity index (χ4v) is 5.48. The first kappa shape index (κ1) is 21.2. The molecule has 3 heteroatoms. The molecule has 0 spiro atoms. The maximum Gasteiger partial charge on any atom is 0.163 e. The van der Waals surface area contributed by atoms with Crippen LogP contribution in [0.4, 0.5) is 0 Å². The monoisotopic (exact) mass is 455 g/mol. The van der Waals surface area contributed by atoms with Crippen LogP contribution in [0.25, 0.3) is 54.6 Å². The predicted octanol–water partition coefficient (Wildman–Crippen LogP) is 8.06. The second-order valence-corrected chi connectivity index (χ2v) is 8.88. The van der Waals surface area contributed by atoms with Gasteiger partial charge < -0.3 is 9.30 Å². The molecule has 0 aliphatic rings. The molecular formula is C32H25NO2. The molecule has 0 unspecified atom stereocenters. The number of hydrogen-bond donors (Lipinski definition) is 0. The summed E-state index contributed by atoms with van der Waals surface area (Å²) in [6, 6.07) is 33.9. The minimum absolute atomic E-state index is 0.00994. The molecule has 3 nitrogen and oxygen atoms in total. The van der Waals surface area contributed by atoms with Crippen LogP contribution in [-0.4, -0.2) is 17.5 Å². The third-order valence-electron chi connectivity index (χ3n) is 6.97. The molecule has 1 aromatic heterocycles. The number of aromatic nitrogens is 1. The Labute approximate surface area is 203 Å². The first-order valence-electron chi connectivity index (χ1n) is 11.8. The van der Waals surface area contributed by atoms with E-state index in [4.69, 9.17) is 4.74 Å². The highest BCUT2D eigenvalue weighted by molar-refractivity contribution is 6.29. The zero-order valence-corrected chi connectivity index (χ0v) is 20.0. The molecular weight excluding hydrogens is 430 g/mol. The zero-order valence-electron chi connectivity index (χ0n) is 20.0. The lowest BCUT2D eigenvalue weighted by molar-refractivity contribution is -0.111. The highest BCUT2D eigenvalue weighted by Gasteiger charge is 2.23. The van der Waals surface area contributed by atoms with Crippen LogP contribution in [0.3, 0.4) is 0 Å². The van der Waals surface area contributed by atoms with Crippen molar-refractivity contribution in [2.24, 2.45) is 0 Å². The van der Waals surface area contributed by atoms with Crippen LogP contribution in [0, 0.1) is 0 Å². The summed E-state index contributed by atoms with van der Waals surface area (Å²) in [5.74, 6) is 0.613. The van der Waals surface area contributed by atoms with Crippen LogP contribution in [0.1, 0.15) is 19.4 Å². The quantitative estimate of drug-likeness (QED) is 0.153. The predicted molar refractivity (Wildman–Crippen MR) is 146 cm³/mol. The number of Topliss-reactive ketones (excluding diaryl/α,β-unsaturated/α-hetero) is 1. The molecule has 0 aliphatic heterocycles. The normalized spacial score (nSPS) is 12.4. The van der Waals surface area contributed by atoms with Crippen molar-refractivity contribution in [1.29, 1.82) is 0 Å². The van der Waals surface area contributed by atoms with Crippen molar-refractivity contribution in [3.8, 4) is 5.69 Å². The summed E-state index contributed by atoms with van der Waals surface area (Å²) >= 11 is 0. The first-order valence-corrected chi connectivity index (χ1v) is 11.8. The second kappa shape index (κ2) is 8.14. The summed E-state index contributed by atoms with van der Waals surface area (Å²) in [5.41, 5.74) is 4.98. The van der Waals surface area contributed by atoms with Gasteiger partial charge in [-0.2, -0.15) is 0 Å². The number of nitrogens with zero attached hydrogens (tertiary/aromatic N) is 1.